The van der Waals surface area contributed by atoms with Crippen molar-refractivity contribution in [3.05, 3.63) is 110 Å². The van der Waals surface area contributed by atoms with Crippen molar-refractivity contribution in [2.75, 3.05) is 0 Å². The van der Waals surface area contributed by atoms with Gasteiger partial charge in [-0.3, -0.25) is 0 Å². The van der Waals surface area contributed by atoms with E-state index in [4.69, 9.17) is 15.3 Å². The Kier molecular flexibility index (Phi) is 5.51. The summed E-state index contributed by atoms with van der Waals surface area (Å²) < 4.78 is 6.11. The molecule has 0 unspecified atom stereocenters. The Morgan fingerprint density at radius 3 is 1.06 bits per heavy atom. The van der Waals surface area contributed by atoms with Crippen molar-refractivity contribution in [2.45, 2.75) is 0 Å². The van der Waals surface area contributed by atoms with Gasteiger partial charge in [-0.05, 0) is 0 Å². The van der Waals surface area contributed by atoms with Crippen LogP contribution < -0.4 is 0 Å². The Morgan fingerprint density at radius 2 is 0.765 bits per heavy atom. The molecule has 162 valence electrons. The Labute approximate surface area is 204 Å². The van der Waals surface area contributed by atoms with E-state index in [0.29, 0.717) is 0 Å². The van der Waals surface area contributed by atoms with Crippen molar-refractivity contribution in [2.24, 2.45) is 0 Å². The van der Waals surface area contributed by atoms with E-state index in [9.17, 15) is 0 Å². The minimum atomic E-state index is -3.37. The van der Waals surface area contributed by atoms with Crippen LogP contribution in [0, 0.1) is 0 Å². The third-order valence-electron chi connectivity index (χ3n) is 5.32. The maximum absolute atomic E-state index is 4.90. The van der Waals surface area contributed by atoms with Crippen molar-refractivity contribution in [3.8, 4) is 34.2 Å². The standard InChI is InChI=1S/3C8H6N3.Tl/c3*1-2-5-9-7(3-1)8-4-6-10-11-8;/h3*1-6H;/q3*-1;+3. The van der Waals surface area contributed by atoms with Crippen LogP contribution >= 0.6 is 0 Å². The summed E-state index contributed by atoms with van der Waals surface area (Å²) in [6, 6.07) is 23.4. The van der Waals surface area contributed by atoms with Crippen LogP contribution in [0.2, 0.25) is 0 Å². The van der Waals surface area contributed by atoms with Gasteiger partial charge in [0.2, 0.25) is 0 Å². The van der Waals surface area contributed by atoms with Gasteiger partial charge in [-0.15, -0.1) is 0 Å². The molecular weight excluding hydrogens is 619 g/mol. The van der Waals surface area contributed by atoms with E-state index in [1.54, 1.807) is 18.6 Å². The number of aromatic nitrogens is 9. The van der Waals surface area contributed by atoms with E-state index in [0.717, 1.165) is 34.2 Å². The van der Waals surface area contributed by atoms with Gasteiger partial charge in [0.15, 0.2) is 0 Å². The molecule has 0 aromatic carbocycles. The minimum absolute atomic E-state index is 0.819. The van der Waals surface area contributed by atoms with Gasteiger partial charge < -0.3 is 0 Å². The third kappa shape index (κ3) is 4.05. The second-order valence-electron chi connectivity index (χ2n) is 7.53. The monoisotopic (exact) mass is 637 g/mol. The zero-order valence-corrected chi connectivity index (χ0v) is 22.5. The first kappa shape index (κ1) is 20.6. The van der Waals surface area contributed by atoms with E-state index in [-0.39, 0.29) is 0 Å². The Bertz CT molecular complexity index is 1320. The van der Waals surface area contributed by atoms with Crippen LogP contribution in [0.3, 0.4) is 0 Å². The summed E-state index contributed by atoms with van der Waals surface area (Å²) >= 11 is -3.37. The maximum atomic E-state index is 4.90. The van der Waals surface area contributed by atoms with Gasteiger partial charge in [0.05, 0.1) is 0 Å². The second-order valence-corrected chi connectivity index (χ2v) is 16.4. The molecule has 0 fully saturated rings. The van der Waals surface area contributed by atoms with Crippen molar-refractivity contribution in [1.29, 1.82) is 0 Å². The summed E-state index contributed by atoms with van der Waals surface area (Å²) in [5, 5.41) is 14.7. The van der Waals surface area contributed by atoms with Crippen LogP contribution in [0.4, 0.5) is 0 Å². The molecule has 0 atom stereocenters. The number of hydrogen-bond donors (Lipinski definition) is 0. The third-order valence-corrected chi connectivity index (χ3v) is 14.2. The number of rotatable bonds is 6. The van der Waals surface area contributed by atoms with Crippen molar-refractivity contribution < 1.29 is 0 Å². The summed E-state index contributed by atoms with van der Waals surface area (Å²) in [5.74, 6) is 0. The van der Waals surface area contributed by atoms with Crippen molar-refractivity contribution >= 4 is 23.6 Å². The molecule has 0 radical (unpaired) electrons. The number of hydrogen-bond acceptors (Lipinski definition) is 6. The molecule has 0 N–H and O–H groups in total. The summed E-state index contributed by atoms with van der Waals surface area (Å²) in [5.41, 5.74) is 4.95. The average Bonchev–Trinajstić information content (AvgIpc) is 3.68. The Balaban J connectivity index is 1.43. The predicted molar refractivity (Wildman–Crippen MR) is 128 cm³/mol. The van der Waals surface area contributed by atoms with Crippen LogP contribution in [-0.4, -0.2) is 61.3 Å². The summed E-state index contributed by atoms with van der Waals surface area (Å²) in [4.78, 5) is 13.3. The Hall–Kier alpha value is -4.00. The molecule has 0 spiro atoms. The first-order valence-electron chi connectivity index (χ1n) is 10.7. The fourth-order valence-electron chi connectivity index (χ4n) is 3.72. The van der Waals surface area contributed by atoms with Crippen LogP contribution in [-0.2, 0) is 0 Å². The van der Waals surface area contributed by atoms with Crippen LogP contribution in [0.15, 0.2) is 110 Å². The van der Waals surface area contributed by atoms with Crippen molar-refractivity contribution in [1.82, 2.24) is 37.7 Å². The second kappa shape index (κ2) is 9.10. The fourth-order valence-corrected chi connectivity index (χ4v) is 12.0. The number of pyridine rings is 3. The molecule has 0 amide bonds. The molecule has 6 heterocycles. The van der Waals surface area contributed by atoms with Crippen LogP contribution in [0.5, 0.6) is 0 Å². The van der Waals surface area contributed by atoms with E-state index >= 15 is 0 Å². The van der Waals surface area contributed by atoms with Gasteiger partial charge in [0.25, 0.3) is 0 Å². The van der Waals surface area contributed by atoms with Gasteiger partial charge in [-0.25, -0.2) is 0 Å². The SMILES string of the molecule is c1ccc(-c2cc[n]([Tl]([n]3ccc(-c4ccccn4)n3)[n]3ccc(-c4ccccn4)n3)n2)nc1. The fraction of sp³-hybridized carbons (Fsp3) is 0. The molecule has 0 aliphatic carbocycles. The molecule has 0 saturated heterocycles. The van der Waals surface area contributed by atoms with E-state index in [1.165, 1.54) is 0 Å². The molecule has 0 bridgehead atoms. The normalized spacial score (nSPS) is 10.9. The van der Waals surface area contributed by atoms with Crippen molar-refractivity contribution in [3.63, 3.8) is 0 Å². The number of nitrogens with zero attached hydrogens (tertiary/aromatic N) is 9. The first-order chi connectivity index (χ1) is 16.8. The predicted octanol–water partition coefficient (Wildman–Crippen LogP) is 3.39. The summed E-state index contributed by atoms with van der Waals surface area (Å²) in [6.07, 6.45) is 11.3. The molecule has 6 aromatic heterocycles. The zero-order valence-electron chi connectivity index (χ0n) is 18.0. The summed E-state index contributed by atoms with van der Waals surface area (Å²) in [6.45, 7) is 0. The van der Waals surface area contributed by atoms with Gasteiger partial charge in [-0.1, -0.05) is 0 Å². The molecule has 0 aliphatic heterocycles. The Morgan fingerprint density at radius 1 is 0.412 bits per heavy atom. The van der Waals surface area contributed by atoms with Crippen LogP contribution in [0.25, 0.3) is 34.2 Å². The van der Waals surface area contributed by atoms with Gasteiger partial charge >= 0.3 is 205 Å². The van der Waals surface area contributed by atoms with Gasteiger partial charge in [0, 0.05) is 0 Å². The van der Waals surface area contributed by atoms with E-state index in [2.05, 4.69) is 15.0 Å². The molecule has 9 nitrogen and oxygen atoms in total. The van der Waals surface area contributed by atoms with E-state index in [1.807, 2.05) is 98.9 Å². The summed E-state index contributed by atoms with van der Waals surface area (Å²) in [7, 11) is 0. The molecule has 0 aliphatic rings. The quantitative estimate of drug-likeness (QED) is 0.261. The van der Waals surface area contributed by atoms with Gasteiger partial charge in [0.1, 0.15) is 0 Å². The first-order valence-corrected chi connectivity index (χ1v) is 16.8. The molecule has 34 heavy (non-hydrogen) atoms. The zero-order chi connectivity index (χ0) is 22.7. The van der Waals surface area contributed by atoms with E-state index < -0.39 is 23.6 Å². The molecule has 6 aromatic rings. The van der Waals surface area contributed by atoms with Crippen LogP contribution in [0.1, 0.15) is 0 Å². The molecule has 6 rings (SSSR count). The average molecular weight is 637 g/mol. The molecule has 0 saturated carbocycles. The molecule has 10 heteroatoms. The topological polar surface area (TPSA) is 92.1 Å². The molecular formula is C24H18N9Tl. The van der Waals surface area contributed by atoms with Gasteiger partial charge in [-0.2, -0.15) is 0 Å².